The first-order chi connectivity index (χ1) is 42.5. The van der Waals surface area contributed by atoms with Crippen molar-refractivity contribution in [1.29, 1.82) is 0 Å². The average molecular weight is 1410 g/mol. The Morgan fingerprint density at radius 1 is 0.233 bits per heavy atom. The molecule has 4 unspecified atom stereocenters. The number of hydrogen-bond donors (Lipinski definition) is 0. The van der Waals surface area contributed by atoms with E-state index in [4.69, 9.17) is 57.6 Å². The molecular weight excluding hydrogens is 1330 g/mol. The average Bonchev–Trinajstić information content (AvgIpc) is 0.976. The summed E-state index contributed by atoms with van der Waals surface area (Å²) >= 11 is 0. The van der Waals surface area contributed by atoms with Crippen molar-refractivity contribution in [2.75, 3.05) is 0 Å². The minimum atomic E-state index is -5.29. The lowest BCUT2D eigenvalue weighted by Crippen LogP contribution is -2.91. The lowest BCUT2D eigenvalue weighted by atomic mass is 9.97. The van der Waals surface area contributed by atoms with Gasteiger partial charge >= 0.3 is 70.4 Å². The van der Waals surface area contributed by atoms with Crippen LogP contribution in [0.2, 0.25) is 75.5 Å². The molecule has 0 aliphatic carbocycles. The van der Waals surface area contributed by atoms with Gasteiger partial charge < -0.3 is 57.6 Å². The molecule has 470 valence electrons. The smallest absolute Gasteiger partial charge is 0.413 e. The third-order valence-corrected chi connectivity index (χ3v) is 68.6. The maximum absolute atomic E-state index is 8.91. The Labute approximate surface area is 544 Å². The summed E-state index contributed by atoms with van der Waals surface area (Å²) in [5, 5.41) is 3.12. The van der Waals surface area contributed by atoms with E-state index in [2.05, 4.69) is 93.2 Å². The fourth-order valence-corrected chi connectivity index (χ4v) is 74.0. The Morgan fingerprint density at radius 3 is 0.556 bits per heavy atom. The van der Waals surface area contributed by atoms with Crippen LogP contribution in [0, 0.1) is 0 Å². The molecule has 90 heavy (non-hydrogen) atoms. The second kappa shape index (κ2) is 23.9. The first kappa shape index (κ1) is 65.8. The molecule has 6 fully saturated rings. The SMILES string of the molecule is CC1(C)C(C)(C)[Si](C)(C)O[Si]2(c3ccccc3)O[Si]3(c4ccccc4)O[Si](O[Si](C)(C)C)(c4ccccc4)O[Si](c4ccccc4)(O[Si]4(c5ccccc5)O[Si](O[Si](C)(C)C)(c5ccccc5)O[Si](c5ccccc5)(O3)O[Si](c3ccccc3)(O4)O[Si]1(C)C)O2. The third-order valence-electron chi connectivity index (χ3n) is 17.9. The van der Waals surface area contributed by atoms with Gasteiger partial charge in [-0.15, -0.1) is 0 Å². The molecule has 4 atom stereocenters. The minimum absolute atomic E-state index is 0.522. The van der Waals surface area contributed by atoms with Gasteiger partial charge in [-0.2, -0.15) is 0 Å². The van der Waals surface area contributed by atoms with E-state index in [0.29, 0.717) is 41.5 Å². The highest BCUT2D eigenvalue weighted by Gasteiger charge is 2.82. The van der Waals surface area contributed by atoms with Gasteiger partial charge in [-0.25, -0.2) is 0 Å². The lowest BCUT2D eigenvalue weighted by Gasteiger charge is -2.58. The summed E-state index contributed by atoms with van der Waals surface area (Å²) in [6, 6.07) is 79.3. The predicted octanol–water partition coefficient (Wildman–Crippen LogP) is 9.68. The molecule has 0 N–H and O–H groups in total. The van der Waals surface area contributed by atoms with E-state index in [9.17, 15) is 0 Å². The third kappa shape index (κ3) is 12.0. The zero-order valence-corrected chi connectivity index (χ0v) is 65.8. The number of fused-ring (bicyclic) bond motifs is 7. The molecule has 6 heterocycles. The van der Waals surface area contributed by atoms with Crippen molar-refractivity contribution in [3.05, 3.63) is 243 Å². The first-order valence-corrected chi connectivity index (χ1v) is 57.2. The predicted molar refractivity (Wildman–Crippen MR) is 380 cm³/mol. The van der Waals surface area contributed by atoms with Gasteiger partial charge in [0, 0.05) is 41.5 Å². The standard InChI is InChI=1S/C64H82O14Si12/c1-63(2)64(3,4)82(13,14)68-86(58-45-29-18-30-46-58)75-89(61-51-35-21-36-52-61)71-84(66-80(8,9)10,56-41-25-16-26-42-56)72-90(76-86,62-53-37-22-38-54-62)78-88(60-49-33-20-34-50-60)70-83(65-79(5,6)7,55-39-23-15-24-40-55)69-87(77-89,59-47-31-19-32-48-59)73-85(74-88,67-81(63,11)12)57-43-27-17-28-44-57/h15-54H,1-14H3. The van der Waals surface area contributed by atoms with Gasteiger partial charge in [0.2, 0.25) is 0 Å². The molecule has 8 aromatic carbocycles. The van der Waals surface area contributed by atoms with Gasteiger partial charge in [0.05, 0.1) is 0 Å². The second-order valence-electron chi connectivity index (χ2n) is 27.3. The molecule has 0 radical (unpaired) electrons. The number of hydrogen-bond acceptors (Lipinski definition) is 14. The summed E-state index contributed by atoms with van der Waals surface area (Å²) in [6.07, 6.45) is 0. The van der Waals surface area contributed by atoms with Crippen LogP contribution in [-0.4, -0.2) is 104 Å². The molecule has 0 aromatic heterocycles. The normalized spacial score (nSPS) is 31.5. The molecule has 26 heteroatoms. The van der Waals surface area contributed by atoms with Crippen LogP contribution >= 0.6 is 0 Å². The molecule has 14 rings (SSSR count). The molecular formula is C64H82O14Si12. The van der Waals surface area contributed by atoms with Crippen LogP contribution < -0.4 is 41.5 Å². The van der Waals surface area contributed by atoms with Crippen molar-refractivity contribution < 1.29 is 57.6 Å². The van der Waals surface area contributed by atoms with E-state index in [0.717, 1.165) is 0 Å². The monoisotopic (exact) mass is 1410 g/mol. The lowest BCUT2D eigenvalue weighted by molar-refractivity contribution is 0.0484. The molecule has 0 spiro atoms. The molecule has 14 nitrogen and oxygen atoms in total. The zero-order chi connectivity index (χ0) is 63.8. The van der Waals surface area contributed by atoms with E-state index >= 15 is 0 Å². The van der Waals surface area contributed by atoms with E-state index < -0.39 is 114 Å². The molecule has 8 aromatic rings. The summed E-state index contributed by atoms with van der Waals surface area (Å²) in [4.78, 5) is 0. The second-order valence-corrected chi connectivity index (χ2v) is 69.2. The summed E-state index contributed by atoms with van der Waals surface area (Å²) < 4.78 is 121. The van der Waals surface area contributed by atoms with Gasteiger partial charge in [-0.1, -0.05) is 270 Å². The molecule has 6 saturated heterocycles. The summed E-state index contributed by atoms with van der Waals surface area (Å²) in [5.41, 5.74) is 0. The van der Waals surface area contributed by atoms with Gasteiger partial charge in [-0.3, -0.25) is 0 Å². The van der Waals surface area contributed by atoms with Crippen LogP contribution in [0.1, 0.15) is 27.7 Å². The Hall–Kier alpha value is -4.20. The molecule has 0 amide bonds. The highest BCUT2D eigenvalue weighted by atomic mass is 28.6. The van der Waals surface area contributed by atoms with Gasteiger partial charge in [0.15, 0.2) is 33.3 Å². The van der Waals surface area contributed by atoms with E-state index in [1.165, 1.54) is 0 Å². The van der Waals surface area contributed by atoms with Crippen molar-refractivity contribution in [3.8, 4) is 0 Å². The van der Waals surface area contributed by atoms with Gasteiger partial charge in [0.25, 0.3) is 0 Å². The van der Waals surface area contributed by atoms with E-state index in [1.807, 2.05) is 243 Å². The Bertz CT molecular complexity index is 3410. The highest BCUT2D eigenvalue weighted by Crippen LogP contribution is 2.64. The Morgan fingerprint density at radius 2 is 0.389 bits per heavy atom. The first-order valence-electron chi connectivity index (χ1n) is 30.8. The molecule has 6 aliphatic rings. The Kier molecular flexibility index (Phi) is 17.5. The van der Waals surface area contributed by atoms with E-state index in [1.54, 1.807) is 0 Å². The van der Waals surface area contributed by atoms with Crippen LogP contribution in [-0.2, 0) is 57.6 Å². The van der Waals surface area contributed by atoms with Crippen LogP contribution in [0.15, 0.2) is 243 Å². The highest BCUT2D eigenvalue weighted by molar-refractivity contribution is 7.12. The topological polar surface area (TPSA) is 129 Å². The number of benzene rings is 8. The van der Waals surface area contributed by atoms with Crippen LogP contribution in [0.25, 0.3) is 0 Å². The van der Waals surface area contributed by atoms with Crippen molar-refractivity contribution in [3.63, 3.8) is 0 Å². The van der Waals surface area contributed by atoms with E-state index in [-0.39, 0.29) is 0 Å². The summed E-state index contributed by atoms with van der Waals surface area (Å²) in [7, 11) is -53.8. The quantitative estimate of drug-likeness (QED) is 0.108. The number of rotatable bonds is 12. The fourth-order valence-electron chi connectivity index (χ4n) is 12.1. The Balaban J connectivity index is 1.42. The molecule has 6 bridgehead atoms. The summed E-state index contributed by atoms with van der Waals surface area (Å²) in [5.74, 6) is 0. The van der Waals surface area contributed by atoms with Crippen molar-refractivity contribution in [2.24, 2.45) is 0 Å². The van der Waals surface area contributed by atoms with Crippen LogP contribution in [0.4, 0.5) is 0 Å². The molecule has 0 saturated carbocycles. The van der Waals surface area contributed by atoms with Crippen LogP contribution in [0.5, 0.6) is 0 Å². The largest absolute Gasteiger partial charge is 0.515 e. The maximum Gasteiger partial charge on any atom is 0.515 e. The zero-order valence-electron chi connectivity index (χ0n) is 53.8. The van der Waals surface area contributed by atoms with Gasteiger partial charge in [-0.05, 0) is 75.5 Å². The van der Waals surface area contributed by atoms with Gasteiger partial charge in [0.1, 0.15) is 0 Å². The van der Waals surface area contributed by atoms with Crippen molar-refractivity contribution >= 4 is 145 Å². The van der Waals surface area contributed by atoms with Crippen LogP contribution in [0.3, 0.4) is 0 Å². The van der Waals surface area contributed by atoms with Crippen molar-refractivity contribution in [2.45, 2.75) is 103 Å². The molecule has 6 aliphatic heterocycles. The maximum atomic E-state index is 8.91. The fraction of sp³-hybridized carbons (Fsp3) is 0.250. The minimum Gasteiger partial charge on any atom is -0.413 e. The van der Waals surface area contributed by atoms with Crippen molar-refractivity contribution in [1.82, 2.24) is 0 Å². The summed E-state index contributed by atoms with van der Waals surface area (Å²) in [6.45, 7) is 31.1.